The topological polar surface area (TPSA) is 38.9 Å². The summed E-state index contributed by atoms with van der Waals surface area (Å²) in [5.41, 5.74) is 6.54. The Balaban J connectivity index is 2.62. The van der Waals surface area contributed by atoms with Gasteiger partial charge in [0.05, 0.1) is 10.6 Å². The number of aromatic nitrogens is 1. The first kappa shape index (κ1) is 13.3. The molecule has 0 amide bonds. The SMILES string of the molecule is CC(C)(C)c1nc(-c2c(F)cccc2Cl)c(N)s1. The van der Waals surface area contributed by atoms with Crippen LogP contribution in [-0.4, -0.2) is 4.98 Å². The standard InChI is InChI=1S/C13H14ClFN2S/c1-13(2,3)12-17-10(11(16)18-12)9-7(14)5-4-6-8(9)15/h4-6H,16H2,1-3H3. The third kappa shape index (κ3) is 2.35. The third-order valence-electron chi connectivity index (χ3n) is 2.49. The monoisotopic (exact) mass is 284 g/mol. The molecule has 0 spiro atoms. The van der Waals surface area contributed by atoms with Gasteiger partial charge in [0.25, 0.3) is 0 Å². The van der Waals surface area contributed by atoms with Gasteiger partial charge in [0.1, 0.15) is 21.5 Å². The number of nitrogens with zero attached hydrogens (tertiary/aromatic N) is 1. The molecule has 0 fully saturated rings. The van der Waals surface area contributed by atoms with Gasteiger partial charge in [-0.05, 0) is 12.1 Å². The lowest BCUT2D eigenvalue weighted by molar-refractivity contribution is 0.585. The van der Waals surface area contributed by atoms with E-state index in [9.17, 15) is 4.39 Å². The van der Waals surface area contributed by atoms with Crippen molar-refractivity contribution in [2.24, 2.45) is 0 Å². The van der Waals surface area contributed by atoms with E-state index >= 15 is 0 Å². The van der Waals surface area contributed by atoms with Crippen molar-refractivity contribution in [2.75, 3.05) is 5.73 Å². The number of nitrogens with two attached hydrogens (primary N) is 1. The number of halogens is 2. The molecule has 0 aliphatic heterocycles. The van der Waals surface area contributed by atoms with E-state index in [2.05, 4.69) is 4.98 Å². The lowest BCUT2D eigenvalue weighted by atomic mass is 9.98. The quantitative estimate of drug-likeness (QED) is 0.838. The van der Waals surface area contributed by atoms with Crippen LogP contribution in [0.25, 0.3) is 11.3 Å². The van der Waals surface area contributed by atoms with Crippen LogP contribution in [0.2, 0.25) is 5.02 Å². The fourth-order valence-corrected chi connectivity index (χ4v) is 2.70. The van der Waals surface area contributed by atoms with Crippen LogP contribution in [0.5, 0.6) is 0 Å². The van der Waals surface area contributed by atoms with E-state index < -0.39 is 5.82 Å². The molecule has 2 nitrogen and oxygen atoms in total. The first-order chi connectivity index (χ1) is 8.30. The van der Waals surface area contributed by atoms with Gasteiger partial charge in [-0.2, -0.15) is 0 Å². The summed E-state index contributed by atoms with van der Waals surface area (Å²) in [5, 5.41) is 1.69. The lowest BCUT2D eigenvalue weighted by Gasteiger charge is -2.13. The predicted octanol–water partition coefficient (Wildman–Crippen LogP) is 4.48. The molecule has 0 unspecified atom stereocenters. The summed E-state index contributed by atoms with van der Waals surface area (Å²) in [7, 11) is 0. The van der Waals surface area contributed by atoms with Gasteiger partial charge in [-0.25, -0.2) is 9.37 Å². The van der Waals surface area contributed by atoms with Crippen molar-refractivity contribution in [3.05, 3.63) is 34.0 Å². The van der Waals surface area contributed by atoms with Gasteiger partial charge < -0.3 is 5.73 Å². The van der Waals surface area contributed by atoms with E-state index in [0.717, 1.165) is 5.01 Å². The van der Waals surface area contributed by atoms with Gasteiger partial charge in [0.15, 0.2) is 0 Å². The zero-order chi connectivity index (χ0) is 13.5. The van der Waals surface area contributed by atoms with Gasteiger partial charge in [-0.1, -0.05) is 38.4 Å². The summed E-state index contributed by atoms with van der Waals surface area (Å²) in [6.45, 7) is 6.12. The Bertz CT molecular complexity index is 567. The number of hydrogen-bond acceptors (Lipinski definition) is 3. The second-order valence-electron chi connectivity index (χ2n) is 5.08. The van der Waals surface area contributed by atoms with Gasteiger partial charge in [-0.15, -0.1) is 11.3 Å². The third-order valence-corrected chi connectivity index (χ3v) is 4.12. The molecule has 0 saturated carbocycles. The highest BCUT2D eigenvalue weighted by molar-refractivity contribution is 7.16. The summed E-state index contributed by atoms with van der Waals surface area (Å²) in [6.07, 6.45) is 0. The van der Waals surface area contributed by atoms with E-state index in [1.807, 2.05) is 20.8 Å². The number of benzene rings is 1. The maximum atomic E-state index is 13.8. The van der Waals surface area contributed by atoms with Crippen molar-refractivity contribution >= 4 is 27.9 Å². The number of nitrogen functional groups attached to an aromatic ring is 1. The highest BCUT2D eigenvalue weighted by Gasteiger charge is 2.23. The van der Waals surface area contributed by atoms with Crippen molar-refractivity contribution in [3.63, 3.8) is 0 Å². The molecule has 0 bridgehead atoms. The Kier molecular flexibility index (Phi) is 3.34. The minimum absolute atomic E-state index is 0.116. The normalized spacial score (nSPS) is 11.8. The number of anilines is 1. The fourth-order valence-electron chi connectivity index (χ4n) is 1.56. The first-order valence-corrected chi connectivity index (χ1v) is 6.71. The highest BCUT2D eigenvalue weighted by atomic mass is 35.5. The van der Waals surface area contributed by atoms with Gasteiger partial charge >= 0.3 is 0 Å². The molecule has 0 aliphatic rings. The summed E-state index contributed by atoms with van der Waals surface area (Å²) >= 11 is 7.40. The summed E-state index contributed by atoms with van der Waals surface area (Å²) in [4.78, 5) is 4.44. The zero-order valence-electron chi connectivity index (χ0n) is 10.4. The molecule has 2 aromatic rings. The van der Waals surface area contributed by atoms with Crippen LogP contribution in [0.15, 0.2) is 18.2 Å². The van der Waals surface area contributed by atoms with E-state index in [-0.39, 0.29) is 11.0 Å². The molecule has 1 aromatic carbocycles. The van der Waals surface area contributed by atoms with Crippen molar-refractivity contribution in [1.82, 2.24) is 4.98 Å². The van der Waals surface area contributed by atoms with Crippen LogP contribution in [0.4, 0.5) is 9.39 Å². The van der Waals surface area contributed by atoms with Crippen molar-refractivity contribution in [3.8, 4) is 11.3 Å². The molecule has 1 aromatic heterocycles. The molecule has 18 heavy (non-hydrogen) atoms. The van der Waals surface area contributed by atoms with Crippen LogP contribution in [0.1, 0.15) is 25.8 Å². The molecule has 2 rings (SSSR count). The van der Waals surface area contributed by atoms with E-state index in [1.54, 1.807) is 12.1 Å². The van der Waals surface area contributed by atoms with Crippen LogP contribution in [-0.2, 0) is 5.41 Å². The maximum absolute atomic E-state index is 13.8. The van der Waals surface area contributed by atoms with E-state index in [1.165, 1.54) is 17.4 Å². The Hall–Kier alpha value is -1.13. The Morgan fingerprint density at radius 2 is 2.00 bits per heavy atom. The second kappa shape index (κ2) is 4.52. The van der Waals surface area contributed by atoms with Crippen molar-refractivity contribution in [2.45, 2.75) is 26.2 Å². The molecule has 0 radical (unpaired) electrons. The van der Waals surface area contributed by atoms with Gasteiger partial charge in [-0.3, -0.25) is 0 Å². The van der Waals surface area contributed by atoms with Crippen LogP contribution < -0.4 is 5.73 Å². The zero-order valence-corrected chi connectivity index (χ0v) is 12.0. The number of rotatable bonds is 1. The molecule has 5 heteroatoms. The molecule has 96 valence electrons. The molecular formula is C13H14ClFN2S. The van der Waals surface area contributed by atoms with Crippen LogP contribution >= 0.6 is 22.9 Å². The second-order valence-corrected chi connectivity index (χ2v) is 6.52. The molecule has 0 atom stereocenters. The molecule has 2 N–H and O–H groups in total. The Morgan fingerprint density at radius 3 is 2.50 bits per heavy atom. The Morgan fingerprint density at radius 1 is 1.33 bits per heavy atom. The average Bonchev–Trinajstić information content (AvgIpc) is 2.60. The largest absolute Gasteiger partial charge is 0.389 e. The van der Waals surface area contributed by atoms with Crippen LogP contribution in [0.3, 0.4) is 0 Å². The van der Waals surface area contributed by atoms with Gasteiger partial charge in [0.2, 0.25) is 0 Å². The minimum atomic E-state index is -0.403. The smallest absolute Gasteiger partial charge is 0.134 e. The van der Waals surface area contributed by atoms with Crippen LogP contribution in [0, 0.1) is 5.82 Å². The molecule has 0 saturated heterocycles. The molecular weight excluding hydrogens is 271 g/mol. The minimum Gasteiger partial charge on any atom is -0.389 e. The van der Waals surface area contributed by atoms with E-state index in [0.29, 0.717) is 15.7 Å². The molecule has 0 aliphatic carbocycles. The summed E-state index contributed by atoms with van der Waals surface area (Å²) in [5.74, 6) is -0.403. The predicted molar refractivity (Wildman–Crippen MR) is 75.6 cm³/mol. The summed E-state index contributed by atoms with van der Waals surface area (Å²) in [6, 6.07) is 4.56. The number of thiazole rings is 1. The first-order valence-electron chi connectivity index (χ1n) is 5.52. The Labute approximate surface area is 115 Å². The highest BCUT2D eigenvalue weighted by Crippen LogP contribution is 2.39. The number of hydrogen-bond donors (Lipinski definition) is 1. The van der Waals surface area contributed by atoms with E-state index in [4.69, 9.17) is 17.3 Å². The average molecular weight is 285 g/mol. The maximum Gasteiger partial charge on any atom is 0.134 e. The fraction of sp³-hybridized carbons (Fsp3) is 0.308. The summed E-state index contributed by atoms with van der Waals surface area (Å²) < 4.78 is 13.8. The van der Waals surface area contributed by atoms with Gasteiger partial charge in [0, 0.05) is 5.41 Å². The van der Waals surface area contributed by atoms with Crippen molar-refractivity contribution < 1.29 is 4.39 Å². The van der Waals surface area contributed by atoms with Crippen molar-refractivity contribution in [1.29, 1.82) is 0 Å². The molecule has 1 heterocycles. The lowest BCUT2D eigenvalue weighted by Crippen LogP contribution is -2.10.